The number of rotatable bonds is 6. The minimum atomic E-state index is -3.41. The Bertz CT molecular complexity index is 1040. The Hall–Kier alpha value is -3.13. The maximum Gasteiger partial charge on any atom is 0.251 e. The average molecular weight is 384 g/mol. The molecule has 0 radical (unpaired) electrons. The smallest absolute Gasteiger partial charge is 0.251 e. The summed E-state index contributed by atoms with van der Waals surface area (Å²) in [5, 5.41) is 2.87. The summed E-state index contributed by atoms with van der Waals surface area (Å²) in [6, 6.07) is 12.7. The van der Waals surface area contributed by atoms with E-state index in [9.17, 15) is 13.2 Å². The first-order chi connectivity index (χ1) is 12.8. The molecule has 140 valence electrons. The summed E-state index contributed by atoms with van der Waals surface area (Å²) >= 11 is 0. The number of imidazole rings is 1. The van der Waals surface area contributed by atoms with Crippen LogP contribution in [0.15, 0.2) is 61.2 Å². The first-order valence-corrected chi connectivity index (χ1v) is 10.2. The molecule has 0 saturated carbocycles. The van der Waals surface area contributed by atoms with Gasteiger partial charge in [0.15, 0.2) is 0 Å². The molecule has 27 heavy (non-hydrogen) atoms. The Morgan fingerprint density at radius 3 is 2.52 bits per heavy atom. The summed E-state index contributed by atoms with van der Waals surface area (Å²) in [6.45, 7) is 2.08. The Labute approximate surface area is 158 Å². The SMILES string of the molecule is Cc1c(NS(C)(=O)=O)cccc1C(=O)NCc1ccc(-n2ccnc2)cc1. The van der Waals surface area contributed by atoms with E-state index < -0.39 is 10.0 Å². The van der Waals surface area contributed by atoms with Crippen molar-refractivity contribution < 1.29 is 13.2 Å². The van der Waals surface area contributed by atoms with Crippen LogP contribution in [0.2, 0.25) is 0 Å². The zero-order valence-electron chi connectivity index (χ0n) is 15.0. The second-order valence-electron chi connectivity index (χ2n) is 6.17. The molecule has 2 aromatic carbocycles. The predicted molar refractivity (Wildman–Crippen MR) is 104 cm³/mol. The van der Waals surface area contributed by atoms with Crippen LogP contribution in [0, 0.1) is 6.92 Å². The molecule has 0 unspecified atom stereocenters. The number of sulfonamides is 1. The third-order valence-corrected chi connectivity index (χ3v) is 4.66. The van der Waals surface area contributed by atoms with E-state index in [2.05, 4.69) is 15.0 Å². The van der Waals surface area contributed by atoms with Crippen LogP contribution in [0.25, 0.3) is 5.69 Å². The molecule has 1 heterocycles. The van der Waals surface area contributed by atoms with Crippen molar-refractivity contribution in [3.8, 4) is 5.69 Å². The lowest BCUT2D eigenvalue weighted by Gasteiger charge is -2.12. The van der Waals surface area contributed by atoms with E-state index in [1.54, 1.807) is 37.6 Å². The van der Waals surface area contributed by atoms with Gasteiger partial charge in [-0.15, -0.1) is 0 Å². The van der Waals surface area contributed by atoms with Gasteiger partial charge < -0.3 is 9.88 Å². The first kappa shape index (κ1) is 18.7. The number of carbonyl (C=O) groups is 1. The lowest BCUT2D eigenvalue weighted by molar-refractivity contribution is 0.0950. The molecule has 0 aliphatic rings. The number of benzene rings is 2. The largest absolute Gasteiger partial charge is 0.348 e. The molecule has 3 rings (SSSR count). The van der Waals surface area contributed by atoms with Crippen LogP contribution in [0.5, 0.6) is 0 Å². The highest BCUT2D eigenvalue weighted by Gasteiger charge is 2.13. The van der Waals surface area contributed by atoms with Gasteiger partial charge in [-0.2, -0.15) is 0 Å². The van der Waals surface area contributed by atoms with E-state index in [4.69, 9.17) is 0 Å². The van der Waals surface area contributed by atoms with Gasteiger partial charge in [-0.25, -0.2) is 13.4 Å². The van der Waals surface area contributed by atoms with Gasteiger partial charge in [0.2, 0.25) is 10.0 Å². The number of nitrogens with one attached hydrogen (secondary N) is 2. The molecule has 7 nitrogen and oxygen atoms in total. The molecule has 0 spiro atoms. The zero-order chi connectivity index (χ0) is 19.4. The molecular weight excluding hydrogens is 364 g/mol. The third-order valence-electron chi connectivity index (χ3n) is 4.07. The fourth-order valence-corrected chi connectivity index (χ4v) is 3.29. The molecule has 0 atom stereocenters. The van der Waals surface area contributed by atoms with Gasteiger partial charge in [0.25, 0.3) is 5.91 Å². The van der Waals surface area contributed by atoms with E-state index >= 15 is 0 Å². The van der Waals surface area contributed by atoms with Crippen LogP contribution < -0.4 is 10.0 Å². The summed E-state index contributed by atoms with van der Waals surface area (Å²) in [7, 11) is -3.41. The molecule has 1 amide bonds. The van der Waals surface area contributed by atoms with Crippen LogP contribution in [-0.2, 0) is 16.6 Å². The van der Waals surface area contributed by atoms with Crippen LogP contribution >= 0.6 is 0 Å². The van der Waals surface area contributed by atoms with Crippen molar-refractivity contribution in [2.75, 3.05) is 11.0 Å². The molecule has 3 aromatic rings. The van der Waals surface area contributed by atoms with Gasteiger partial charge in [0.05, 0.1) is 18.3 Å². The maximum atomic E-state index is 12.5. The van der Waals surface area contributed by atoms with Gasteiger partial charge in [-0.05, 0) is 42.3 Å². The van der Waals surface area contributed by atoms with Crippen LogP contribution in [0.4, 0.5) is 5.69 Å². The Morgan fingerprint density at radius 2 is 1.89 bits per heavy atom. The van der Waals surface area contributed by atoms with E-state index in [0.29, 0.717) is 23.4 Å². The van der Waals surface area contributed by atoms with Crippen LogP contribution in [0.3, 0.4) is 0 Å². The van der Waals surface area contributed by atoms with E-state index in [1.807, 2.05) is 35.0 Å². The number of carbonyl (C=O) groups excluding carboxylic acids is 1. The summed E-state index contributed by atoms with van der Waals surface area (Å²) in [6.07, 6.45) is 6.37. The summed E-state index contributed by atoms with van der Waals surface area (Å²) in [5.74, 6) is -0.261. The number of aromatic nitrogens is 2. The number of hydrogen-bond acceptors (Lipinski definition) is 4. The van der Waals surface area contributed by atoms with Gasteiger partial charge >= 0.3 is 0 Å². The maximum absolute atomic E-state index is 12.5. The molecule has 2 N–H and O–H groups in total. The highest BCUT2D eigenvalue weighted by Crippen LogP contribution is 2.20. The second-order valence-corrected chi connectivity index (χ2v) is 7.92. The number of hydrogen-bond donors (Lipinski definition) is 2. The summed E-state index contributed by atoms with van der Waals surface area (Å²) in [5.41, 5.74) is 3.35. The molecule has 0 aliphatic carbocycles. The molecule has 0 fully saturated rings. The minimum Gasteiger partial charge on any atom is -0.348 e. The van der Waals surface area contributed by atoms with Crippen molar-refractivity contribution in [1.82, 2.24) is 14.9 Å². The van der Waals surface area contributed by atoms with Crippen molar-refractivity contribution in [2.24, 2.45) is 0 Å². The third kappa shape index (κ3) is 4.73. The van der Waals surface area contributed by atoms with Crippen molar-refractivity contribution >= 4 is 21.6 Å². The molecule has 0 bridgehead atoms. The quantitative estimate of drug-likeness (QED) is 0.683. The number of nitrogens with zero attached hydrogens (tertiary/aromatic N) is 2. The highest BCUT2D eigenvalue weighted by molar-refractivity contribution is 7.92. The highest BCUT2D eigenvalue weighted by atomic mass is 32.2. The zero-order valence-corrected chi connectivity index (χ0v) is 15.8. The first-order valence-electron chi connectivity index (χ1n) is 8.26. The van der Waals surface area contributed by atoms with Gasteiger partial charge in [0.1, 0.15) is 0 Å². The van der Waals surface area contributed by atoms with Crippen molar-refractivity contribution in [3.05, 3.63) is 77.9 Å². The normalized spacial score (nSPS) is 11.2. The lowest BCUT2D eigenvalue weighted by Crippen LogP contribution is -2.24. The lowest BCUT2D eigenvalue weighted by atomic mass is 10.1. The fraction of sp³-hybridized carbons (Fsp3) is 0.158. The molecule has 0 saturated heterocycles. The Morgan fingerprint density at radius 1 is 1.15 bits per heavy atom. The van der Waals surface area contributed by atoms with Gasteiger partial charge in [0, 0.05) is 30.2 Å². The molecule has 8 heteroatoms. The van der Waals surface area contributed by atoms with Crippen LogP contribution in [-0.4, -0.2) is 30.1 Å². The number of anilines is 1. The van der Waals surface area contributed by atoms with Crippen molar-refractivity contribution in [1.29, 1.82) is 0 Å². The Balaban J connectivity index is 1.68. The van der Waals surface area contributed by atoms with Crippen LogP contribution in [0.1, 0.15) is 21.5 Å². The Kier molecular flexibility index (Phi) is 5.27. The van der Waals surface area contributed by atoms with Gasteiger partial charge in [-0.1, -0.05) is 18.2 Å². The monoisotopic (exact) mass is 384 g/mol. The minimum absolute atomic E-state index is 0.261. The average Bonchev–Trinajstić information content (AvgIpc) is 3.15. The summed E-state index contributed by atoms with van der Waals surface area (Å²) in [4.78, 5) is 16.5. The molecule has 1 aromatic heterocycles. The van der Waals surface area contributed by atoms with Gasteiger partial charge in [-0.3, -0.25) is 9.52 Å². The molecule has 0 aliphatic heterocycles. The van der Waals surface area contributed by atoms with E-state index in [0.717, 1.165) is 17.5 Å². The predicted octanol–water partition coefficient (Wildman–Crippen LogP) is 2.48. The second kappa shape index (κ2) is 7.63. The summed E-state index contributed by atoms with van der Waals surface area (Å²) < 4.78 is 27.2. The van der Waals surface area contributed by atoms with Crippen molar-refractivity contribution in [2.45, 2.75) is 13.5 Å². The standard InChI is InChI=1S/C19H20N4O3S/c1-14-17(4-3-5-18(14)22-27(2,25)26)19(24)21-12-15-6-8-16(9-7-15)23-11-10-20-13-23/h3-11,13,22H,12H2,1-2H3,(H,21,24). The topological polar surface area (TPSA) is 93.1 Å². The van der Waals surface area contributed by atoms with E-state index in [-0.39, 0.29) is 5.91 Å². The fourth-order valence-electron chi connectivity index (χ4n) is 2.67. The number of amides is 1. The van der Waals surface area contributed by atoms with Crippen molar-refractivity contribution in [3.63, 3.8) is 0 Å². The molecular formula is C19H20N4O3S. The van der Waals surface area contributed by atoms with E-state index in [1.165, 1.54) is 0 Å².